The third kappa shape index (κ3) is 2.07. The first-order chi connectivity index (χ1) is 10.9. The van der Waals surface area contributed by atoms with Crippen molar-refractivity contribution >= 4 is 0 Å². The van der Waals surface area contributed by atoms with Gasteiger partial charge < -0.3 is 10.2 Å². The van der Waals surface area contributed by atoms with E-state index in [0.717, 1.165) is 38.0 Å². The Labute approximate surface area is 140 Å². The van der Waals surface area contributed by atoms with Crippen LogP contribution in [0.5, 0.6) is 0 Å². The van der Waals surface area contributed by atoms with Crippen molar-refractivity contribution in [1.29, 1.82) is 0 Å². The van der Waals surface area contributed by atoms with Crippen LogP contribution in [0, 0.1) is 28.6 Å². The van der Waals surface area contributed by atoms with Gasteiger partial charge in [-0.15, -0.1) is 0 Å². The average Bonchev–Trinajstić information content (AvgIpc) is 2.77. The fourth-order valence-electron chi connectivity index (χ4n) is 7.03. The molecule has 4 rings (SSSR count). The van der Waals surface area contributed by atoms with Crippen LogP contribution >= 0.6 is 0 Å². The van der Waals surface area contributed by atoms with Crippen LogP contribution in [-0.4, -0.2) is 22.4 Å². The predicted molar refractivity (Wildman–Crippen MR) is 92.9 cm³/mol. The molecule has 0 heterocycles. The highest BCUT2D eigenvalue weighted by molar-refractivity contribution is 5.31. The van der Waals surface area contributed by atoms with Crippen LogP contribution in [0.2, 0.25) is 0 Å². The molecule has 1 unspecified atom stereocenters. The molecule has 3 fully saturated rings. The lowest BCUT2D eigenvalue weighted by Crippen LogP contribution is -2.49. The van der Waals surface area contributed by atoms with E-state index in [1.807, 2.05) is 0 Å². The molecule has 128 valence electrons. The van der Waals surface area contributed by atoms with Gasteiger partial charge in [0.05, 0.1) is 12.2 Å². The summed E-state index contributed by atoms with van der Waals surface area (Å²) in [6.07, 6.45) is 11.9. The molecule has 0 amide bonds. The third-order valence-electron chi connectivity index (χ3n) is 8.27. The molecule has 3 saturated carbocycles. The van der Waals surface area contributed by atoms with Crippen LogP contribution in [-0.2, 0) is 0 Å². The van der Waals surface area contributed by atoms with E-state index in [1.54, 1.807) is 0 Å². The fraction of sp³-hybridized carbons (Fsp3) is 0.810. The summed E-state index contributed by atoms with van der Waals surface area (Å²) in [5.74, 6) is 2.09. The van der Waals surface area contributed by atoms with E-state index in [-0.39, 0.29) is 17.6 Å². The second-order valence-corrected chi connectivity index (χ2v) is 9.11. The first-order valence-corrected chi connectivity index (χ1v) is 9.62. The number of allylic oxidation sites excluding steroid dienone is 2. The zero-order chi connectivity index (χ0) is 16.4. The fourth-order valence-corrected chi connectivity index (χ4v) is 7.03. The maximum atomic E-state index is 10.6. The summed E-state index contributed by atoms with van der Waals surface area (Å²) in [4.78, 5) is 0. The van der Waals surface area contributed by atoms with Crippen molar-refractivity contribution in [1.82, 2.24) is 0 Å². The van der Waals surface area contributed by atoms with Crippen LogP contribution in [0.1, 0.15) is 65.7 Å². The van der Waals surface area contributed by atoms with Crippen LogP contribution in [0.15, 0.2) is 23.3 Å². The van der Waals surface area contributed by atoms with Gasteiger partial charge in [0.25, 0.3) is 0 Å². The first-order valence-electron chi connectivity index (χ1n) is 9.62. The normalized spacial score (nSPS) is 54.2. The van der Waals surface area contributed by atoms with E-state index in [0.29, 0.717) is 17.3 Å². The zero-order valence-electron chi connectivity index (χ0n) is 14.9. The van der Waals surface area contributed by atoms with Crippen molar-refractivity contribution in [2.24, 2.45) is 28.6 Å². The van der Waals surface area contributed by atoms with E-state index < -0.39 is 0 Å². The summed E-state index contributed by atoms with van der Waals surface area (Å²) in [5.41, 5.74) is 3.35. The molecule has 0 aromatic rings. The molecule has 0 spiro atoms. The molecule has 2 N–H and O–H groups in total. The largest absolute Gasteiger partial charge is 0.393 e. The lowest BCUT2D eigenvalue weighted by atomic mass is 9.48. The number of aliphatic hydroxyl groups is 2. The van der Waals surface area contributed by atoms with Crippen molar-refractivity contribution in [2.45, 2.75) is 77.9 Å². The average molecular weight is 316 g/mol. The molecular formula is C21H32O2. The summed E-state index contributed by atoms with van der Waals surface area (Å²) < 4.78 is 0. The molecule has 4 aliphatic carbocycles. The quantitative estimate of drug-likeness (QED) is 0.657. The molecule has 0 saturated heterocycles. The number of hydrogen-bond donors (Lipinski definition) is 2. The summed E-state index contributed by atoms with van der Waals surface area (Å²) in [6, 6.07) is 0. The number of hydrogen-bond acceptors (Lipinski definition) is 2. The minimum absolute atomic E-state index is 0.123. The molecule has 7 atom stereocenters. The molecule has 0 aromatic heterocycles. The second-order valence-electron chi connectivity index (χ2n) is 9.11. The minimum Gasteiger partial charge on any atom is -0.393 e. The molecule has 2 heteroatoms. The maximum absolute atomic E-state index is 10.6. The summed E-state index contributed by atoms with van der Waals surface area (Å²) in [7, 11) is 0. The third-order valence-corrected chi connectivity index (χ3v) is 8.27. The smallest absolute Gasteiger partial charge is 0.0758 e. The van der Waals surface area contributed by atoms with Crippen molar-refractivity contribution in [3.8, 4) is 0 Å². The molecule has 2 nitrogen and oxygen atoms in total. The molecule has 4 aliphatic rings. The van der Waals surface area contributed by atoms with Gasteiger partial charge in [-0.05, 0) is 86.0 Å². The topological polar surface area (TPSA) is 40.5 Å². The van der Waals surface area contributed by atoms with Crippen LogP contribution in [0.3, 0.4) is 0 Å². The first kappa shape index (κ1) is 15.9. The predicted octanol–water partition coefficient (Wildman–Crippen LogP) is 4.23. The molecular weight excluding hydrogens is 284 g/mol. The van der Waals surface area contributed by atoms with E-state index in [2.05, 4.69) is 32.9 Å². The van der Waals surface area contributed by atoms with E-state index in [4.69, 9.17) is 0 Å². The van der Waals surface area contributed by atoms with Crippen molar-refractivity contribution < 1.29 is 10.2 Å². The standard InChI is InChI=1S/C21H32O2/c1-4-16-19(23)12-18-15-6-5-13-11-14(22)7-9-20(13,2)17(15)8-10-21(16,18)3/h4-5,14-15,17-19,22-23H,6-12H2,1-3H3/b16-4-/t14-,15+,17-,18-,19?,20-,21+/m0/s1. The van der Waals surface area contributed by atoms with Gasteiger partial charge in [0, 0.05) is 0 Å². The van der Waals surface area contributed by atoms with Crippen LogP contribution in [0.25, 0.3) is 0 Å². The van der Waals surface area contributed by atoms with Crippen LogP contribution in [0.4, 0.5) is 0 Å². The van der Waals surface area contributed by atoms with Gasteiger partial charge in [0.2, 0.25) is 0 Å². The van der Waals surface area contributed by atoms with E-state index >= 15 is 0 Å². The Morgan fingerprint density at radius 2 is 1.83 bits per heavy atom. The summed E-state index contributed by atoms with van der Waals surface area (Å²) in [6.45, 7) is 6.97. The van der Waals surface area contributed by atoms with Gasteiger partial charge in [-0.3, -0.25) is 0 Å². The van der Waals surface area contributed by atoms with Crippen molar-refractivity contribution in [2.75, 3.05) is 0 Å². The van der Waals surface area contributed by atoms with Gasteiger partial charge >= 0.3 is 0 Å². The van der Waals surface area contributed by atoms with Gasteiger partial charge in [0.15, 0.2) is 0 Å². The number of fused-ring (bicyclic) bond motifs is 5. The Morgan fingerprint density at radius 3 is 2.57 bits per heavy atom. The Balaban J connectivity index is 1.70. The maximum Gasteiger partial charge on any atom is 0.0758 e. The molecule has 0 bridgehead atoms. The summed E-state index contributed by atoms with van der Waals surface area (Å²) in [5, 5.41) is 20.7. The molecule has 0 aromatic carbocycles. The zero-order valence-corrected chi connectivity index (χ0v) is 14.9. The van der Waals surface area contributed by atoms with Gasteiger partial charge in [-0.2, -0.15) is 0 Å². The van der Waals surface area contributed by atoms with Gasteiger partial charge in [0.1, 0.15) is 0 Å². The number of aliphatic hydroxyl groups excluding tert-OH is 2. The monoisotopic (exact) mass is 316 g/mol. The van der Waals surface area contributed by atoms with Crippen LogP contribution < -0.4 is 0 Å². The highest BCUT2D eigenvalue weighted by atomic mass is 16.3. The lowest BCUT2D eigenvalue weighted by Gasteiger charge is -2.57. The Morgan fingerprint density at radius 1 is 1.09 bits per heavy atom. The summed E-state index contributed by atoms with van der Waals surface area (Å²) >= 11 is 0. The minimum atomic E-state index is -0.222. The Bertz CT molecular complexity index is 562. The molecule has 23 heavy (non-hydrogen) atoms. The second kappa shape index (κ2) is 5.20. The Kier molecular flexibility index (Phi) is 3.59. The molecule has 0 aliphatic heterocycles. The molecule has 0 radical (unpaired) electrons. The SMILES string of the molecule is C/C=C1/C(O)C[C@H]2[C@@H]3CC=C4C[C@@H](O)CC[C@]4(C)[C@H]3CC[C@]12C. The van der Waals surface area contributed by atoms with Crippen molar-refractivity contribution in [3.63, 3.8) is 0 Å². The highest BCUT2D eigenvalue weighted by Gasteiger charge is 2.58. The Hall–Kier alpha value is -0.600. The number of rotatable bonds is 0. The lowest BCUT2D eigenvalue weighted by molar-refractivity contribution is -0.0278. The van der Waals surface area contributed by atoms with Crippen molar-refractivity contribution in [3.05, 3.63) is 23.3 Å². The van der Waals surface area contributed by atoms with Gasteiger partial charge in [-0.1, -0.05) is 31.6 Å². The highest BCUT2D eigenvalue weighted by Crippen LogP contribution is 2.66. The van der Waals surface area contributed by atoms with E-state index in [1.165, 1.54) is 24.0 Å². The van der Waals surface area contributed by atoms with E-state index in [9.17, 15) is 10.2 Å². The van der Waals surface area contributed by atoms with Gasteiger partial charge in [-0.25, -0.2) is 0 Å².